The summed E-state index contributed by atoms with van der Waals surface area (Å²) in [6.07, 6.45) is 1.78. The van der Waals surface area contributed by atoms with Crippen molar-refractivity contribution >= 4 is 45.2 Å². The van der Waals surface area contributed by atoms with Crippen LogP contribution in [0.5, 0.6) is 5.75 Å². The summed E-state index contributed by atoms with van der Waals surface area (Å²) in [5, 5.41) is 0.468. The Labute approximate surface area is 165 Å². The normalized spacial score (nSPS) is 15.9. The van der Waals surface area contributed by atoms with Gasteiger partial charge in [-0.25, -0.2) is 4.39 Å². The number of halogens is 2. The topological polar surface area (TPSA) is 32.8 Å². The van der Waals surface area contributed by atoms with Crippen molar-refractivity contribution in [3.8, 4) is 5.75 Å². The number of benzene rings is 2. The van der Waals surface area contributed by atoms with Crippen molar-refractivity contribution in [3.05, 3.63) is 69.6 Å². The van der Waals surface area contributed by atoms with Gasteiger partial charge in [-0.2, -0.15) is 0 Å². The SMILES string of the molecule is CN1C(=O)C(=Cc2ccc(OCc3cccc(F)c3)c(Br)c2)N(C)C1=S. The van der Waals surface area contributed by atoms with E-state index in [1.807, 2.05) is 12.1 Å². The highest BCUT2D eigenvalue weighted by atomic mass is 79.9. The van der Waals surface area contributed by atoms with E-state index in [-0.39, 0.29) is 18.3 Å². The van der Waals surface area contributed by atoms with E-state index in [1.165, 1.54) is 17.0 Å². The number of carbonyl (C=O) groups is 1. The lowest BCUT2D eigenvalue weighted by Gasteiger charge is -2.12. The highest BCUT2D eigenvalue weighted by molar-refractivity contribution is 9.10. The molecule has 3 rings (SSSR count). The van der Waals surface area contributed by atoms with Gasteiger partial charge in [-0.3, -0.25) is 9.69 Å². The summed E-state index contributed by atoms with van der Waals surface area (Å²) < 4.78 is 19.7. The Balaban J connectivity index is 1.76. The number of thiocarbonyl (C=S) groups is 1. The summed E-state index contributed by atoms with van der Waals surface area (Å²) in [7, 11) is 3.42. The average molecular weight is 435 g/mol. The molecule has 0 saturated carbocycles. The zero-order valence-electron chi connectivity index (χ0n) is 14.2. The molecule has 1 heterocycles. The van der Waals surface area contributed by atoms with Crippen LogP contribution in [0.25, 0.3) is 6.08 Å². The molecule has 1 aliphatic rings. The molecule has 0 spiro atoms. The molecule has 1 aliphatic heterocycles. The van der Waals surface area contributed by atoms with Crippen LogP contribution in [-0.4, -0.2) is 34.9 Å². The van der Waals surface area contributed by atoms with Gasteiger partial charge < -0.3 is 9.64 Å². The molecule has 1 amide bonds. The summed E-state index contributed by atoms with van der Waals surface area (Å²) in [6.45, 7) is 0.261. The Morgan fingerprint density at radius 2 is 1.96 bits per heavy atom. The molecule has 0 bridgehead atoms. The van der Waals surface area contributed by atoms with Crippen LogP contribution < -0.4 is 4.74 Å². The molecule has 0 radical (unpaired) electrons. The van der Waals surface area contributed by atoms with Crippen molar-refractivity contribution < 1.29 is 13.9 Å². The Kier molecular flexibility index (Phi) is 5.38. The summed E-state index contributed by atoms with van der Waals surface area (Å²) >= 11 is 8.68. The first-order valence-corrected chi connectivity index (χ1v) is 9.01. The van der Waals surface area contributed by atoms with Gasteiger partial charge in [0, 0.05) is 14.1 Å². The van der Waals surface area contributed by atoms with Gasteiger partial charge in [0.15, 0.2) is 5.11 Å². The van der Waals surface area contributed by atoms with Crippen molar-refractivity contribution in [1.29, 1.82) is 0 Å². The zero-order valence-corrected chi connectivity index (χ0v) is 16.6. The van der Waals surface area contributed by atoms with Crippen LogP contribution in [0, 0.1) is 5.82 Å². The smallest absolute Gasteiger partial charge is 0.276 e. The summed E-state index contributed by atoms with van der Waals surface area (Å²) in [6, 6.07) is 11.8. The summed E-state index contributed by atoms with van der Waals surface area (Å²) in [4.78, 5) is 15.3. The Morgan fingerprint density at radius 1 is 1.19 bits per heavy atom. The van der Waals surface area contributed by atoms with Crippen LogP contribution in [0.1, 0.15) is 11.1 Å². The van der Waals surface area contributed by atoms with E-state index in [0.717, 1.165) is 15.6 Å². The number of ether oxygens (including phenoxy) is 1. The van der Waals surface area contributed by atoms with Crippen LogP contribution in [0.4, 0.5) is 4.39 Å². The minimum Gasteiger partial charge on any atom is -0.488 e. The Hall–Kier alpha value is -2.25. The molecule has 0 aromatic heterocycles. The number of hydrogen-bond donors (Lipinski definition) is 0. The Morgan fingerprint density at radius 3 is 2.58 bits per heavy atom. The molecule has 1 saturated heterocycles. The van der Waals surface area contributed by atoms with E-state index in [0.29, 0.717) is 16.6 Å². The van der Waals surface area contributed by atoms with Crippen LogP contribution >= 0.6 is 28.1 Å². The van der Waals surface area contributed by atoms with E-state index < -0.39 is 0 Å². The maximum Gasteiger partial charge on any atom is 0.276 e. The second kappa shape index (κ2) is 7.55. The minimum atomic E-state index is -0.291. The van der Waals surface area contributed by atoms with Gasteiger partial charge >= 0.3 is 0 Å². The molecule has 0 N–H and O–H groups in total. The fourth-order valence-corrected chi connectivity index (χ4v) is 3.25. The van der Waals surface area contributed by atoms with Crippen LogP contribution in [-0.2, 0) is 11.4 Å². The number of rotatable bonds is 4. The molecule has 134 valence electrons. The van der Waals surface area contributed by atoms with Gasteiger partial charge in [-0.1, -0.05) is 18.2 Å². The van der Waals surface area contributed by atoms with E-state index >= 15 is 0 Å². The van der Waals surface area contributed by atoms with Crippen molar-refractivity contribution in [2.24, 2.45) is 0 Å². The first kappa shape index (κ1) is 18.5. The lowest BCUT2D eigenvalue weighted by Crippen LogP contribution is -2.26. The van der Waals surface area contributed by atoms with Crippen molar-refractivity contribution in [2.75, 3.05) is 14.1 Å². The summed E-state index contributed by atoms with van der Waals surface area (Å²) in [5.74, 6) is 0.204. The number of amides is 1. The van der Waals surface area contributed by atoms with Gasteiger partial charge in [-0.05, 0) is 69.6 Å². The number of hydrogen-bond acceptors (Lipinski definition) is 3. The predicted octanol–water partition coefficient (Wildman–Crippen LogP) is 4.20. The highest BCUT2D eigenvalue weighted by Crippen LogP contribution is 2.29. The fraction of sp³-hybridized carbons (Fsp3) is 0.158. The molecule has 4 nitrogen and oxygen atoms in total. The average Bonchev–Trinajstić information content (AvgIpc) is 2.79. The Bertz CT molecular complexity index is 916. The van der Waals surface area contributed by atoms with Crippen molar-refractivity contribution in [1.82, 2.24) is 9.80 Å². The van der Waals surface area contributed by atoms with Gasteiger partial charge in [0.1, 0.15) is 23.9 Å². The first-order valence-electron chi connectivity index (χ1n) is 7.81. The maximum atomic E-state index is 13.2. The molecule has 1 fully saturated rings. The molecule has 0 atom stereocenters. The van der Waals surface area contributed by atoms with E-state index in [1.54, 1.807) is 43.3 Å². The molecule has 2 aromatic carbocycles. The number of nitrogens with zero attached hydrogens (tertiary/aromatic N) is 2. The first-order chi connectivity index (χ1) is 12.4. The molecular weight excluding hydrogens is 419 g/mol. The summed E-state index contributed by atoms with van der Waals surface area (Å²) in [5.41, 5.74) is 2.10. The molecule has 7 heteroatoms. The highest BCUT2D eigenvalue weighted by Gasteiger charge is 2.32. The van der Waals surface area contributed by atoms with Gasteiger partial charge in [0.05, 0.1) is 4.47 Å². The second-order valence-corrected chi connectivity index (χ2v) is 7.06. The molecule has 0 aliphatic carbocycles. The second-order valence-electron chi connectivity index (χ2n) is 5.84. The fourth-order valence-electron chi connectivity index (χ4n) is 2.56. The maximum absolute atomic E-state index is 13.2. The number of carbonyl (C=O) groups excluding carboxylic acids is 1. The van der Waals surface area contributed by atoms with Crippen molar-refractivity contribution in [3.63, 3.8) is 0 Å². The van der Waals surface area contributed by atoms with E-state index in [4.69, 9.17) is 17.0 Å². The monoisotopic (exact) mass is 434 g/mol. The zero-order chi connectivity index (χ0) is 18.8. The lowest BCUT2D eigenvalue weighted by molar-refractivity contribution is -0.121. The standard InChI is InChI=1S/C19H16BrFN2O2S/c1-22-16(18(24)23(2)19(22)26)10-12-6-7-17(15(20)9-12)25-11-13-4-3-5-14(21)8-13/h3-10H,11H2,1-2H3. The van der Waals surface area contributed by atoms with Crippen LogP contribution in [0.15, 0.2) is 52.6 Å². The molecular formula is C19H16BrFN2O2S. The van der Waals surface area contributed by atoms with E-state index in [2.05, 4.69) is 15.9 Å². The van der Waals surface area contributed by atoms with Crippen LogP contribution in [0.3, 0.4) is 0 Å². The third-order valence-electron chi connectivity index (χ3n) is 4.00. The largest absolute Gasteiger partial charge is 0.488 e. The van der Waals surface area contributed by atoms with E-state index in [9.17, 15) is 9.18 Å². The third-order valence-corrected chi connectivity index (χ3v) is 5.17. The quantitative estimate of drug-likeness (QED) is 0.533. The molecule has 2 aromatic rings. The number of likely N-dealkylation sites (N-methyl/N-ethyl adjacent to an activating group) is 2. The predicted molar refractivity (Wildman–Crippen MR) is 106 cm³/mol. The van der Waals surface area contributed by atoms with Gasteiger partial charge in [0.25, 0.3) is 5.91 Å². The van der Waals surface area contributed by atoms with Crippen molar-refractivity contribution in [2.45, 2.75) is 6.61 Å². The molecule has 0 unspecified atom stereocenters. The minimum absolute atomic E-state index is 0.139. The lowest BCUT2D eigenvalue weighted by atomic mass is 10.1. The van der Waals surface area contributed by atoms with Gasteiger partial charge in [-0.15, -0.1) is 0 Å². The van der Waals surface area contributed by atoms with Gasteiger partial charge in [0.2, 0.25) is 0 Å². The third kappa shape index (κ3) is 3.78. The molecule has 26 heavy (non-hydrogen) atoms. The van der Waals surface area contributed by atoms with Crippen LogP contribution in [0.2, 0.25) is 0 Å².